The van der Waals surface area contributed by atoms with Crippen LogP contribution in [0.15, 0.2) is 40.9 Å². The molecule has 0 aliphatic heterocycles. The Balaban J connectivity index is 2.32. The Labute approximate surface area is 130 Å². The van der Waals surface area contributed by atoms with E-state index in [1.165, 1.54) is 0 Å². The van der Waals surface area contributed by atoms with Gasteiger partial charge in [-0.25, -0.2) is 4.98 Å². The van der Waals surface area contributed by atoms with Gasteiger partial charge in [-0.05, 0) is 29.8 Å². The molecule has 2 aromatic carbocycles. The van der Waals surface area contributed by atoms with Crippen molar-refractivity contribution in [1.29, 1.82) is 0 Å². The Hall–Kier alpha value is -1.36. The first-order valence-electron chi connectivity index (χ1n) is 6.21. The summed E-state index contributed by atoms with van der Waals surface area (Å²) in [6.45, 7) is 0.472. The molecule has 0 saturated carbocycles. The van der Waals surface area contributed by atoms with Crippen molar-refractivity contribution in [3.05, 3.63) is 51.5 Å². The summed E-state index contributed by atoms with van der Waals surface area (Å²) in [5, 5.41) is 0.681. The normalized spacial score (nSPS) is 11.2. The largest absolute Gasteiger partial charge is 0.327 e. The number of nitrogens with two attached hydrogens (primary N) is 1. The van der Waals surface area contributed by atoms with Gasteiger partial charge in [-0.1, -0.05) is 39.7 Å². The number of aromatic nitrogens is 2. The van der Waals surface area contributed by atoms with Crippen LogP contribution in [0.3, 0.4) is 0 Å². The topological polar surface area (TPSA) is 43.8 Å². The van der Waals surface area contributed by atoms with Gasteiger partial charge in [-0.3, -0.25) is 0 Å². The van der Waals surface area contributed by atoms with Crippen molar-refractivity contribution in [2.24, 2.45) is 12.8 Å². The van der Waals surface area contributed by atoms with E-state index in [-0.39, 0.29) is 0 Å². The molecule has 3 aromatic rings. The van der Waals surface area contributed by atoms with Gasteiger partial charge in [0.1, 0.15) is 5.82 Å². The molecule has 0 atom stereocenters. The van der Waals surface area contributed by atoms with Crippen molar-refractivity contribution >= 4 is 38.6 Å². The monoisotopic (exact) mass is 349 g/mol. The zero-order valence-corrected chi connectivity index (χ0v) is 13.2. The Kier molecular flexibility index (Phi) is 3.54. The Morgan fingerprint density at radius 2 is 2.10 bits per heavy atom. The van der Waals surface area contributed by atoms with E-state index in [4.69, 9.17) is 22.3 Å². The molecule has 0 spiro atoms. The summed E-state index contributed by atoms with van der Waals surface area (Å²) in [7, 11) is 1.99. The second-order valence-corrected chi connectivity index (χ2v) is 5.93. The van der Waals surface area contributed by atoms with E-state index in [9.17, 15) is 0 Å². The first kappa shape index (κ1) is 13.6. The van der Waals surface area contributed by atoms with E-state index >= 15 is 0 Å². The van der Waals surface area contributed by atoms with Gasteiger partial charge in [-0.15, -0.1) is 0 Å². The highest BCUT2D eigenvalue weighted by molar-refractivity contribution is 9.10. The van der Waals surface area contributed by atoms with E-state index < -0.39 is 0 Å². The summed E-state index contributed by atoms with van der Waals surface area (Å²) in [6, 6.07) is 11.8. The molecule has 0 aliphatic rings. The molecule has 0 fully saturated rings. The molecule has 3 rings (SSSR count). The highest BCUT2D eigenvalue weighted by atomic mass is 79.9. The van der Waals surface area contributed by atoms with Crippen LogP contribution in [0.5, 0.6) is 0 Å². The minimum Gasteiger partial charge on any atom is -0.327 e. The number of aryl methyl sites for hydroxylation is 1. The number of imidazole rings is 1. The highest BCUT2D eigenvalue weighted by Gasteiger charge is 2.14. The molecule has 20 heavy (non-hydrogen) atoms. The maximum absolute atomic E-state index is 6.31. The van der Waals surface area contributed by atoms with Crippen LogP contribution in [0.1, 0.15) is 5.56 Å². The van der Waals surface area contributed by atoms with Crippen LogP contribution in [-0.2, 0) is 13.6 Å². The van der Waals surface area contributed by atoms with E-state index in [0.29, 0.717) is 11.6 Å². The van der Waals surface area contributed by atoms with Crippen LogP contribution in [0.2, 0.25) is 5.02 Å². The number of benzene rings is 2. The lowest BCUT2D eigenvalue weighted by molar-refractivity contribution is 0.959. The standard InChI is InChI=1S/C15H13BrClN3/c1-20-13-4-2-3-9(8-18)14(13)19-15(20)11-7-10(16)5-6-12(11)17/h2-7H,8,18H2,1H3. The van der Waals surface area contributed by atoms with Gasteiger partial charge in [0, 0.05) is 23.6 Å². The highest BCUT2D eigenvalue weighted by Crippen LogP contribution is 2.32. The summed E-state index contributed by atoms with van der Waals surface area (Å²) in [6.07, 6.45) is 0. The number of halogens is 2. The molecule has 0 aliphatic carbocycles. The van der Waals surface area contributed by atoms with Crippen molar-refractivity contribution in [1.82, 2.24) is 9.55 Å². The van der Waals surface area contributed by atoms with Gasteiger partial charge in [0.2, 0.25) is 0 Å². The molecule has 0 saturated heterocycles. The van der Waals surface area contributed by atoms with E-state index in [0.717, 1.165) is 32.5 Å². The lowest BCUT2D eigenvalue weighted by Gasteiger charge is -2.05. The third kappa shape index (κ3) is 2.14. The van der Waals surface area contributed by atoms with Gasteiger partial charge >= 0.3 is 0 Å². The Bertz CT molecular complexity index is 795. The smallest absolute Gasteiger partial charge is 0.142 e. The molecular formula is C15H13BrClN3. The van der Waals surface area contributed by atoms with Crippen molar-refractivity contribution < 1.29 is 0 Å². The van der Waals surface area contributed by atoms with Gasteiger partial charge in [0.15, 0.2) is 0 Å². The van der Waals surface area contributed by atoms with Crippen LogP contribution in [0.4, 0.5) is 0 Å². The second kappa shape index (κ2) is 5.20. The predicted octanol–water partition coefficient (Wildman–Crippen LogP) is 4.11. The van der Waals surface area contributed by atoms with Crippen LogP contribution < -0.4 is 5.73 Å². The molecule has 2 N–H and O–H groups in total. The van der Waals surface area contributed by atoms with Gasteiger partial charge in [0.25, 0.3) is 0 Å². The molecule has 5 heteroatoms. The zero-order valence-electron chi connectivity index (χ0n) is 10.9. The molecule has 3 nitrogen and oxygen atoms in total. The van der Waals surface area contributed by atoms with Gasteiger partial charge < -0.3 is 10.3 Å². The first-order valence-corrected chi connectivity index (χ1v) is 7.38. The summed E-state index contributed by atoms with van der Waals surface area (Å²) in [4.78, 5) is 4.73. The van der Waals surface area contributed by atoms with Crippen molar-refractivity contribution in [2.45, 2.75) is 6.54 Å². The van der Waals surface area contributed by atoms with Crippen molar-refractivity contribution in [2.75, 3.05) is 0 Å². The fraction of sp³-hybridized carbons (Fsp3) is 0.133. The lowest BCUT2D eigenvalue weighted by atomic mass is 10.2. The fourth-order valence-corrected chi connectivity index (χ4v) is 2.91. The van der Waals surface area contributed by atoms with E-state index in [1.54, 1.807) is 0 Å². The van der Waals surface area contributed by atoms with E-state index in [2.05, 4.69) is 15.9 Å². The van der Waals surface area contributed by atoms with Gasteiger partial charge in [-0.2, -0.15) is 0 Å². The maximum Gasteiger partial charge on any atom is 0.142 e. The number of para-hydroxylation sites is 1. The van der Waals surface area contributed by atoms with Crippen molar-refractivity contribution in [3.8, 4) is 11.4 Å². The van der Waals surface area contributed by atoms with Crippen LogP contribution in [0.25, 0.3) is 22.4 Å². The number of hydrogen-bond donors (Lipinski definition) is 1. The third-order valence-corrected chi connectivity index (χ3v) is 4.21. The number of nitrogens with zero attached hydrogens (tertiary/aromatic N) is 2. The minimum absolute atomic E-state index is 0.472. The molecule has 102 valence electrons. The number of hydrogen-bond acceptors (Lipinski definition) is 2. The zero-order chi connectivity index (χ0) is 14.3. The quantitative estimate of drug-likeness (QED) is 0.755. The fourth-order valence-electron chi connectivity index (χ4n) is 2.35. The molecule has 0 bridgehead atoms. The Morgan fingerprint density at radius 1 is 1.30 bits per heavy atom. The van der Waals surface area contributed by atoms with Crippen LogP contribution >= 0.6 is 27.5 Å². The Morgan fingerprint density at radius 3 is 2.85 bits per heavy atom. The molecule has 1 aromatic heterocycles. The summed E-state index contributed by atoms with van der Waals surface area (Å²) >= 11 is 9.78. The first-order chi connectivity index (χ1) is 9.61. The average Bonchev–Trinajstić information content (AvgIpc) is 2.79. The van der Waals surface area contributed by atoms with Crippen molar-refractivity contribution in [3.63, 3.8) is 0 Å². The molecular weight excluding hydrogens is 338 g/mol. The molecule has 1 heterocycles. The van der Waals surface area contributed by atoms with Crippen LogP contribution in [0, 0.1) is 0 Å². The third-order valence-electron chi connectivity index (χ3n) is 3.38. The molecule has 0 radical (unpaired) electrons. The lowest BCUT2D eigenvalue weighted by Crippen LogP contribution is -1.97. The second-order valence-electron chi connectivity index (χ2n) is 4.61. The van der Waals surface area contributed by atoms with E-state index in [1.807, 2.05) is 48.0 Å². The van der Waals surface area contributed by atoms with Gasteiger partial charge in [0.05, 0.1) is 16.1 Å². The summed E-state index contributed by atoms with van der Waals surface area (Å²) in [5.41, 5.74) is 9.72. The SMILES string of the molecule is Cn1c(-c2cc(Br)ccc2Cl)nc2c(CN)cccc21. The number of rotatable bonds is 2. The predicted molar refractivity (Wildman–Crippen MR) is 86.8 cm³/mol. The van der Waals surface area contributed by atoms with Crippen LogP contribution in [-0.4, -0.2) is 9.55 Å². The molecule has 0 amide bonds. The number of fused-ring (bicyclic) bond motifs is 1. The minimum atomic E-state index is 0.472. The summed E-state index contributed by atoms with van der Waals surface area (Å²) < 4.78 is 3.02. The molecule has 0 unspecified atom stereocenters. The summed E-state index contributed by atoms with van der Waals surface area (Å²) in [5.74, 6) is 0.840. The average molecular weight is 351 g/mol. The maximum atomic E-state index is 6.31.